The summed E-state index contributed by atoms with van der Waals surface area (Å²) in [4.78, 5) is 38.1. The number of benzene rings is 2. The largest absolute Gasteiger partial charge is 0.489 e. The molecule has 1 N–H and O–H groups in total. The van der Waals surface area contributed by atoms with Gasteiger partial charge < -0.3 is 9.84 Å². The average molecular weight is 557 g/mol. The van der Waals surface area contributed by atoms with Crippen LogP contribution in [0, 0.1) is 17.6 Å². The number of ether oxygens (including phenoxy) is 1. The Labute approximate surface area is 224 Å². The Morgan fingerprint density at radius 2 is 1.81 bits per heavy atom. The van der Waals surface area contributed by atoms with Crippen LogP contribution in [0.1, 0.15) is 49.3 Å². The van der Waals surface area contributed by atoms with Crippen LogP contribution in [0.3, 0.4) is 0 Å². The maximum atomic E-state index is 14.8. The molecular formula is C26H28Cl2F2N2O5. The lowest BCUT2D eigenvalue weighted by molar-refractivity contribution is -0.140. The van der Waals surface area contributed by atoms with E-state index in [1.54, 1.807) is 12.1 Å². The highest BCUT2D eigenvalue weighted by Gasteiger charge is 2.31. The Balaban J connectivity index is 0.00000380. The molecule has 2 aliphatic rings. The quantitative estimate of drug-likeness (QED) is 0.370. The molecule has 200 valence electrons. The summed E-state index contributed by atoms with van der Waals surface area (Å²) in [6.07, 6.45) is 2.17. The van der Waals surface area contributed by atoms with Gasteiger partial charge in [-0.2, -0.15) is 0 Å². The van der Waals surface area contributed by atoms with Crippen LogP contribution < -0.4 is 4.74 Å². The molecule has 1 aliphatic carbocycles. The number of likely N-dealkylation sites (tertiary alicyclic amines) is 1. The molecule has 1 saturated carbocycles. The second-order valence-electron chi connectivity index (χ2n) is 9.21. The van der Waals surface area contributed by atoms with Crippen molar-refractivity contribution >= 4 is 41.8 Å². The van der Waals surface area contributed by atoms with Gasteiger partial charge in [-0.1, -0.05) is 23.7 Å². The summed E-state index contributed by atoms with van der Waals surface area (Å²) in [7, 11) is 0. The van der Waals surface area contributed by atoms with Crippen LogP contribution in [0.25, 0.3) is 0 Å². The first-order valence-corrected chi connectivity index (χ1v) is 12.2. The minimum absolute atomic E-state index is 0. The number of hydrogen-bond donors (Lipinski definition) is 1. The number of nitrogens with zero attached hydrogens (tertiary/aromatic N) is 2. The summed E-state index contributed by atoms with van der Waals surface area (Å²) in [6, 6.07) is 8.14. The van der Waals surface area contributed by atoms with E-state index < -0.39 is 23.6 Å². The minimum atomic E-state index is -1.03. The predicted octanol–water partition coefficient (Wildman–Crippen LogP) is 5.00. The van der Waals surface area contributed by atoms with Gasteiger partial charge in [-0.3, -0.25) is 24.2 Å². The summed E-state index contributed by atoms with van der Waals surface area (Å²) < 4.78 is 34.4. The number of amides is 2. The van der Waals surface area contributed by atoms with E-state index in [4.69, 9.17) is 16.3 Å². The molecule has 0 radical (unpaired) electrons. The molecule has 0 aromatic heterocycles. The van der Waals surface area contributed by atoms with Crippen molar-refractivity contribution in [3.8, 4) is 5.75 Å². The van der Waals surface area contributed by atoms with E-state index in [2.05, 4.69) is 0 Å². The third kappa shape index (κ3) is 7.63. The number of halogens is 4. The predicted molar refractivity (Wildman–Crippen MR) is 135 cm³/mol. The zero-order chi connectivity index (χ0) is 25.8. The SMILES string of the molecule is Cl.O=C(O)C[C@H](c1ccc(Cl)c(F)c1)N(Cc1ccc(OCCN2C(=O)CCC2=O)c(F)c1)CC1CC1. The zero-order valence-electron chi connectivity index (χ0n) is 20.0. The Morgan fingerprint density at radius 1 is 1.11 bits per heavy atom. The molecule has 1 heterocycles. The maximum absolute atomic E-state index is 14.8. The van der Waals surface area contributed by atoms with Crippen molar-refractivity contribution in [1.29, 1.82) is 0 Å². The lowest BCUT2D eigenvalue weighted by Crippen LogP contribution is -2.33. The third-order valence-electron chi connectivity index (χ3n) is 6.44. The van der Waals surface area contributed by atoms with Crippen LogP contribution in [-0.4, -0.2) is 52.4 Å². The average Bonchev–Trinajstić information content (AvgIpc) is 3.59. The fraction of sp³-hybridized carbons (Fsp3) is 0.423. The highest BCUT2D eigenvalue weighted by atomic mass is 35.5. The van der Waals surface area contributed by atoms with Gasteiger partial charge in [0.15, 0.2) is 11.6 Å². The van der Waals surface area contributed by atoms with Crippen LogP contribution >= 0.6 is 24.0 Å². The number of imide groups is 1. The van der Waals surface area contributed by atoms with Crippen molar-refractivity contribution < 1.29 is 33.0 Å². The van der Waals surface area contributed by atoms with E-state index in [0.29, 0.717) is 23.6 Å². The van der Waals surface area contributed by atoms with Crippen molar-refractivity contribution in [2.45, 2.75) is 44.7 Å². The number of carboxylic acids is 1. The van der Waals surface area contributed by atoms with E-state index >= 15 is 0 Å². The van der Waals surface area contributed by atoms with Crippen LogP contribution in [0.4, 0.5) is 8.78 Å². The Hall–Kier alpha value is -2.75. The summed E-state index contributed by atoms with van der Waals surface area (Å²) in [5.74, 6) is -2.37. The number of rotatable bonds is 12. The number of carbonyl (C=O) groups is 3. The highest BCUT2D eigenvalue weighted by Crippen LogP contribution is 2.36. The van der Waals surface area contributed by atoms with Gasteiger partial charge in [0.05, 0.1) is 18.0 Å². The molecule has 2 aromatic rings. The summed E-state index contributed by atoms with van der Waals surface area (Å²) in [6.45, 7) is 0.888. The molecular weight excluding hydrogens is 529 g/mol. The molecule has 0 spiro atoms. The van der Waals surface area contributed by atoms with Crippen LogP contribution in [-0.2, 0) is 20.9 Å². The second kappa shape index (κ2) is 12.7. The van der Waals surface area contributed by atoms with Gasteiger partial charge in [-0.25, -0.2) is 8.78 Å². The van der Waals surface area contributed by atoms with E-state index in [0.717, 1.165) is 17.7 Å². The van der Waals surface area contributed by atoms with Crippen LogP contribution in [0.2, 0.25) is 5.02 Å². The molecule has 1 saturated heterocycles. The third-order valence-corrected chi connectivity index (χ3v) is 6.74. The highest BCUT2D eigenvalue weighted by molar-refractivity contribution is 6.30. The minimum Gasteiger partial charge on any atom is -0.489 e. The van der Waals surface area contributed by atoms with Crippen LogP contribution in [0.5, 0.6) is 5.75 Å². The van der Waals surface area contributed by atoms with E-state index in [9.17, 15) is 28.3 Å². The Kier molecular flexibility index (Phi) is 9.87. The molecule has 37 heavy (non-hydrogen) atoms. The zero-order valence-corrected chi connectivity index (χ0v) is 21.6. The number of carbonyl (C=O) groups excluding carboxylic acids is 2. The van der Waals surface area contributed by atoms with Crippen molar-refractivity contribution in [3.63, 3.8) is 0 Å². The molecule has 1 aliphatic heterocycles. The maximum Gasteiger partial charge on any atom is 0.305 e. The van der Waals surface area contributed by atoms with Gasteiger partial charge >= 0.3 is 5.97 Å². The molecule has 11 heteroatoms. The van der Waals surface area contributed by atoms with Crippen molar-refractivity contribution in [2.24, 2.45) is 5.92 Å². The Morgan fingerprint density at radius 3 is 2.41 bits per heavy atom. The van der Waals surface area contributed by atoms with Crippen molar-refractivity contribution in [3.05, 3.63) is 64.2 Å². The number of carboxylic acid groups (broad SMARTS) is 1. The lowest BCUT2D eigenvalue weighted by Gasteiger charge is -2.31. The fourth-order valence-electron chi connectivity index (χ4n) is 4.39. The summed E-state index contributed by atoms with van der Waals surface area (Å²) >= 11 is 5.82. The molecule has 2 aromatic carbocycles. The molecule has 7 nitrogen and oxygen atoms in total. The first-order chi connectivity index (χ1) is 17.2. The number of aliphatic carboxylic acids is 1. The summed E-state index contributed by atoms with van der Waals surface area (Å²) in [5, 5.41) is 9.50. The Bertz CT molecular complexity index is 1150. The molecule has 0 unspecified atom stereocenters. The van der Waals surface area contributed by atoms with Crippen molar-refractivity contribution in [2.75, 3.05) is 19.7 Å². The normalized spacial score (nSPS) is 16.2. The fourth-order valence-corrected chi connectivity index (χ4v) is 4.51. The van der Waals surface area contributed by atoms with E-state index in [-0.39, 0.29) is 74.0 Å². The van der Waals surface area contributed by atoms with Gasteiger partial charge in [-0.15, -0.1) is 12.4 Å². The van der Waals surface area contributed by atoms with Gasteiger partial charge in [0.1, 0.15) is 12.4 Å². The second-order valence-corrected chi connectivity index (χ2v) is 9.62. The van der Waals surface area contributed by atoms with Gasteiger partial charge in [0.25, 0.3) is 0 Å². The van der Waals surface area contributed by atoms with Gasteiger partial charge in [0.2, 0.25) is 11.8 Å². The smallest absolute Gasteiger partial charge is 0.305 e. The topological polar surface area (TPSA) is 87.2 Å². The first-order valence-electron chi connectivity index (χ1n) is 11.9. The number of hydrogen-bond acceptors (Lipinski definition) is 5. The standard InChI is InChI=1S/C26H27ClF2N2O5.ClH/c27-19-5-4-18(12-20(19)28)22(13-26(34)35)30(14-16-1-2-16)15-17-3-6-23(21(29)11-17)36-10-9-31-24(32)7-8-25(31)33;/h3-6,11-12,16,22H,1-2,7-10,13-15H2,(H,34,35);1H/t22-;/m1./s1. The van der Waals surface area contributed by atoms with Gasteiger partial charge in [0, 0.05) is 32.0 Å². The molecule has 1 atom stereocenters. The van der Waals surface area contributed by atoms with E-state index in [1.165, 1.54) is 24.3 Å². The summed E-state index contributed by atoms with van der Waals surface area (Å²) in [5.41, 5.74) is 1.10. The molecule has 2 amide bonds. The van der Waals surface area contributed by atoms with Crippen molar-refractivity contribution in [1.82, 2.24) is 9.80 Å². The first kappa shape index (κ1) is 28.8. The monoisotopic (exact) mass is 556 g/mol. The van der Waals surface area contributed by atoms with E-state index in [1.807, 2.05) is 4.90 Å². The van der Waals surface area contributed by atoms with Crippen LogP contribution in [0.15, 0.2) is 36.4 Å². The van der Waals surface area contributed by atoms with Gasteiger partial charge in [-0.05, 0) is 54.2 Å². The molecule has 0 bridgehead atoms. The molecule has 4 rings (SSSR count). The lowest BCUT2D eigenvalue weighted by atomic mass is 10.00. The molecule has 2 fully saturated rings.